The van der Waals surface area contributed by atoms with Crippen LogP contribution in [0.1, 0.15) is 74.6 Å². The van der Waals surface area contributed by atoms with Crippen LogP contribution in [-0.2, 0) is 22.6 Å². The van der Waals surface area contributed by atoms with Crippen molar-refractivity contribution in [2.24, 2.45) is 0 Å². The molecule has 3 aliphatic rings. The van der Waals surface area contributed by atoms with E-state index in [0.717, 1.165) is 37.8 Å². The molecule has 13 heteroatoms. The number of fused-ring (bicyclic) bond motifs is 3. The summed E-state index contributed by atoms with van der Waals surface area (Å²) in [5, 5.41) is 11.1. The number of nitrogens with one attached hydrogen (secondary N) is 1. The van der Waals surface area contributed by atoms with Crippen LogP contribution in [0.15, 0.2) is 34.7 Å². The summed E-state index contributed by atoms with van der Waals surface area (Å²) >= 11 is 1.21. The molecule has 228 valence electrons. The van der Waals surface area contributed by atoms with Crippen molar-refractivity contribution < 1.29 is 32.3 Å². The van der Waals surface area contributed by atoms with Crippen molar-refractivity contribution in [3.8, 4) is 21.9 Å². The van der Waals surface area contributed by atoms with Gasteiger partial charge in [-0.3, -0.25) is 14.6 Å². The highest BCUT2D eigenvalue weighted by atomic mass is 32.1. The van der Waals surface area contributed by atoms with Gasteiger partial charge in [-0.1, -0.05) is 6.07 Å². The van der Waals surface area contributed by atoms with E-state index in [1.165, 1.54) is 17.4 Å². The Morgan fingerprint density at radius 2 is 1.93 bits per heavy atom. The van der Waals surface area contributed by atoms with Crippen molar-refractivity contribution >= 4 is 23.2 Å². The van der Waals surface area contributed by atoms with Gasteiger partial charge in [-0.2, -0.15) is 0 Å². The van der Waals surface area contributed by atoms with E-state index in [-0.39, 0.29) is 43.0 Å². The zero-order chi connectivity index (χ0) is 30.4. The maximum atomic E-state index is 13.9. The van der Waals surface area contributed by atoms with Crippen molar-refractivity contribution in [3.63, 3.8) is 0 Å². The number of rotatable bonds is 8. The van der Waals surface area contributed by atoms with E-state index in [1.54, 1.807) is 19.1 Å². The second-order valence-corrected chi connectivity index (χ2v) is 12.2. The van der Waals surface area contributed by atoms with Gasteiger partial charge in [0.1, 0.15) is 0 Å². The molecular formula is C31H29F2N5O5S. The van der Waals surface area contributed by atoms with Crippen LogP contribution in [-0.4, -0.2) is 57.8 Å². The average Bonchev–Trinajstić information content (AvgIpc) is 3.84. The lowest BCUT2D eigenvalue weighted by Crippen LogP contribution is -2.23. The molecule has 3 aliphatic heterocycles. The van der Waals surface area contributed by atoms with Gasteiger partial charge in [0.05, 0.1) is 46.1 Å². The lowest BCUT2D eigenvalue weighted by atomic mass is 9.95. The van der Waals surface area contributed by atoms with Crippen LogP contribution in [0, 0.1) is 18.6 Å². The Kier molecular flexibility index (Phi) is 7.69. The van der Waals surface area contributed by atoms with Crippen LogP contribution in [0.2, 0.25) is 0 Å². The molecule has 44 heavy (non-hydrogen) atoms. The maximum Gasteiger partial charge on any atom is 0.261 e. The van der Waals surface area contributed by atoms with E-state index in [2.05, 4.69) is 15.5 Å². The van der Waals surface area contributed by atoms with Gasteiger partial charge in [-0.15, -0.1) is 21.5 Å². The van der Waals surface area contributed by atoms with Gasteiger partial charge in [0, 0.05) is 43.7 Å². The van der Waals surface area contributed by atoms with Gasteiger partial charge >= 0.3 is 0 Å². The Hall–Kier alpha value is -4.07. The highest BCUT2D eigenvalue weighted by Gasteiger charge is 2.45. The molecule has 0 bridgehead atoms. The highest BCUT2D eigenvalue weighted by Crippen LogP contribution is 2.49. The topological polar surface area (TPSA) is 120 Å². The van der Waals surface area contributed by atoms with E-state index in [4.69, 9.17) is 18.9 Å². The number of carbonyl (C=O) groups is 2. The highest BCUT2D eigenvalue weighted by molar-refractivity contribution is 7.17. The van der Waals surface area contributed by atoms with Crippen molar-refractivity contribution in [3.05, 3.63) is 75.2 Å². The zero-order valence-electron chi connectivity index (χ0n) is 23.9. The van der Waals surface area contributed by atoms with Crippen LogP contribution < -0.4 is 5.32 Å². The van der Waals surface area contributed by atoms with Crippen LogP contribution >= 0.6 is 11.3 Å². The monoisotopic (exact) mass is 621 g/mol. The molecule has 3 aromatic heterocycles. The molecular weight excluding hydrogens is 592 g/mol. The first-order valence-corrected chi connectivity index (χ1v) is 15.4. The Morgan fingerprint density at radius 3 is 2.70 bits per heavy atom. The quantitative estimate of drug-likeness (QED) is 0.279. The fraction of sp³-hybridized carbons (Fsp3) is 0.387. The van der Waals surface area contributed by atoms with Gasteiger partial charge in [0.2, 0.25) is 11.8 Å². The summed E-state index contributed by atoms with van der Waals surface area (Å²) in [7, 11) is 0. The molecule has 6 heterocycles. The summed E-state index contributed by atoms with van der Waals surface area (Å²) in [6.45, 7) is 3.79. The van der Waals surface area contributed by atoms with Crippen LogP contribution in [0.3, 0.4) is 0 Å². The number of pyridine rings is 1. The normalized spacial score (nSPS) is 18.1. The van der Waals surface area contributed by atoms with Crippen molar-refractivity contribution in [1.29, 1.82) is 0 Å². The molecule has 0 aliphatic carbocycles. The zero-order valence-corrected chi connectivity index (χ0v) is 24.7. The fourth-order valence-electron chi connectivity index (χ4n) is 6.08. The number of aryl methyl sites for hydroxylation is 1. The predicted octanol–water partition coefficient (Wildman–Crippen LogP) is 5.36. The molecule has 1 atom stereocenters. The number of halogens is 2. The minimum atomic E-state index is -0.979. The standard InChI is InChI=1S/C31H29F2N5O5S/c1-16-36-37-30(43-16)25-21(15-42-18-8-11-41-12-9-18)35-28-22-3-2-10-38(22)31(40)27(28)26(25)23-6-7-24(44-23)29(39)34-14-17-4-5-19(32)20(33)13-17/h4-7,13,18,22H,2-3,8-12,14-15H2,1H3,(H,34,39)/t22-/m1/s1. The number of nitrogens with zero attached hydrogens (tertiary/aromatic N) is 4. The molecule has 4 aromatic rings. The molecule has 0 saturated carbocycles. The lowest BCUT2D eigenvalue weighted by Gasteiger charge is -2.23. The molecule has 10 nitrogen and oxygen atoms in total. The summed E-state index contributed by atoms with van der Waals surface area (Å²) in [5.41, 5.74) is 3.30. The number of aromatic nitrogens is 3. The van der Waals surface area contributed by atoms with Crippen LogP contribution in [0.4, 0.5) is 8.78 Å². The number of amides is 2. The first-order chi connectivity index (χ1) is 21.4. The number of ether oxygens (including phenoxy) is 2. The van der Waals surface area contributed by atoms with Crippen molar-refractivity contribution in [2.75, 3.05) is 19.8 Å². The summed E-state index contributed by atoms with van der Waals surface area (Å²) < 4.78 is 44.7. The van der Waals surface area contributed by atoms with E-state index in [1.807, 2.05) is 4.90 Å². The maximum absolute atomic E-state index is 13.9. The summed E-state index contributed by atoms with van der Waals surface area (Å²) in [5.74, 6) is -1.85. The lowest BCUT2D eigenvalue weighted by molar-refractivity contribution is -0.0398. The Bertz CT molecular complexity index is 1750. The molecule has 1 aromatic carbocycles. The first-order valence-electron chi connectivity index (χ1n) is 14.6. The number of benzene rings is 1. The Labute approximate surface area is 255 Å². The predicted molar refractivity (Wildman–Crippen MR) is 155 cm³/mol. The third-order valence-electron chi connectivity index (χ3n) is 8.22. The van der Waals surface area contributed by atoms with Crippen LogP contribution in [0.25, 0.3) is 21.9 Å². The number of thiophene rings is 1. The summed E-state index contributed by atoms with van der Waals surface area (Å²) in [6.07, 6.45) is 3.26. The second-order valence-electron chi connectivity index (χ2n) is 11.1. The molecule has 2 fully saturated rings. The largest absolute Gasteiger partial charge is 0.421 e. The van der Waals surface area contributed by atoms with Gasteiger partial charge < -0.3 is 24.1 Å². The number of carbonyl (C=O) groups excluding carboxylic acids is 2. The molecule has 1 N–H and O–H groups in total. The van der Waals surface area contributed by atoms with Gasteiger partial charge in [0.25, 0.3) is 11.8 Å². The van der Waals surface area contributed by atoms with E-state index < -0.39 is 11.6 Å². The van der Waals surface area contributed by atoms with Crippen molar-refractivity contribution in [2.45, 2.75) is 57.9 Å². The SMILES string of the molecule is Cc1nnc(-c2c(COC3CCOCC3)nc3c(c2-c2ccc(C(=O)NCc4ccc(F)c(F)c4)s2)C(=O)N2CCC[C@H]32)o1. The molecule has 0 radical (unpaired) electrons. The van der Waals surface area contributed by atoms with Gasteiger partial charge in [0.15, 0.2) is 11.6 Å². The third-order valence-corrected chi connectivity index (χ3v) is 9.32. The Morgan fingerprint density at radius 1 is 1.09 bits per heavy atom. The average molecular weight is 622 g/mol. The second kappa shape index (κ2) is 11.8. The molecule has 2 saturated heterocycles. The van der Waals surface area contributed by atoms with Gasteiger partial charge in [-0.05, 0) is 55.5 Å². The van der Waals surface area contributed by atoms with Gasteiger partial charge in [-0.25, -0.2) is 8.78 Å². The van der Waals surface area contributed by atoms with E-state index in [0.29, 0.717) is 69.0 Å². The first kappa shape index (κ1) is 28.7. The van der Waals surface area contributed by atoms with E-state index >= 15 is 0 Å². The summed E-state index contributed by atoms with van der Waals surface area (Å²) in [6, 6.07) is 6.83. The fourth-order valence-corrected chi connectivity index (χ4v) is 7.06. The molecule has 2 amide bonds. The minimum absolute atomic E-state index is 0.00996. The third kappa shape index (κ3) is 5.29. The number of hydrogen-bond donors (Lipinski definition) is 1. The van der Waals surface area contributed by atoms with Crippen molar-refractivity contribution in [1.82, 2.24) is 25.4 Å². The smallest absolute Gasteiger partial charge is 0.261 e. The molecule has 0 spiro atoms. The minimum Gasteiger partial charge on any atom is -0.421 e. The van der Waals surface area contributed by atoms with Crippen LogP contribution in [0.5, 0.6) is 0 Å². The molecule has 7 rings (SSSR count). The Balaban J connectivity index is 1.29. The van der Waals surface area contributed by atoms with E-state index in [9.17, 15) is 18.4 Å². The molecule has 0 unspecified atom stereocenters. The number of hydrogen-bond acceptors (Lipinski definition) is 9. The summed E-state index contributed by atoms with van der Waals surface area (Å²) in [4.78, 5) is 35.0.